The van der Waals surface area contributed by atoms with Crippen LogP contribution in [0.25, 0.3) is 0 Å². The summed E-state index contributed by atoms with van der Waals surface area (Å²) in [6, 6.07) is 14.1. The van der Waals surface area contributed by atoms with Crippen LogP contribution in [0.15, 0.2) is 47.4 Å². The summed E-state index contributed by atoms with van der Waals surface area (Å²) < 4.78 is 0. The highest BCUT2D eigenvalue weighted by Crippen LogP contribution is 2.28. The minimum atomic E-state index is 0.726. The number of benzene rings is 2. The van der Waals surface area contributed by atoms with Crippen molar-refractivity contribution in [3.63, 3.8) is 0 Å². The topological polar surface area (TPSA) is 12.0 Å². The lowest BCUT2D eigenvalue weighted by atomic mass is 10.2. The fourth-order valence-electron chi connectivity index (χ4n) is 1.72. The lowest BCUT2D eigenvalue weighted by Crippen LogP contribution is -2.04. The second-order valence-corrected chi connectivity index (χ2v) is 6.09. The summed E-state index contributed by atoms with van der Waals surface area (Å²) in [5.74, 6) is 0.824. The molecular weight excluding hydrogens is 297 g/mol. The van der Waals surface area contributed by atoms with Crippen LogP contribution in [0.1, 0.15) is 11.1 Å². The van der Waals surface area contributed by atoms with Gasteiger partial charge in [0.25, 0.3) is 0 Å². The van der Waals surface area contributed by atoms with Crippen molar-refractivity contribution < 1.29 is 0 Å². The first-order valence-corrected chi connectivity index (χ1v) is 7.73. The molecule has 0 aliphatic carbocycles. The van der Waals surface area contributed by atoms with Gasteiger partial charge in [0.05, 0.1) is 0 Å². The predicted octanol–water partition coefficient (Wildman–Crippen LogP) is 5.01. The Hall–Kier alpha value is -0.670. The maximum absolute atomic E-state index is 6.15. The Morgan fingerprint density at radius 1 is 1.05 bits per heavy atom. The van der Waals surface area contributed by atoms with Crippen molar-refractivity contribution in [3.8, 4) is 0 Å². The number of thioether (sulfide) groups is 1. The Bertz CT molecular complexity index is 540. The maximum atomic E-state index is 6.15. The molecule has 0 saturated heterocycles. The summed E-state index contributed by atoms with van der Waals surface area (Å²) >= 11 is 13.9. The molecule has 0 atom stereocenters. The van der Waals surface area contributed by atoms with E-state index in [1.807, 2.05) is 25.2 Å². The second kappa shape index (κ2) is 7.20. The minimum Gasteiger partial charge on any atom is -0.316 e. The third-order valence-corrected chi connectivity index (χ3v) is 4.37. The van der Waals surface area contributed by atoms with Crippen molar-refractivity contribution in [2.45, 2.75) is 17.2 Å². The van der Waals surface area contributed by atoms with E-state index in [0.29, 0.717) is 0 Å². The van der Waals surface area contributed by atoms with E-state index < -0.39 is 0 Å². The third kappa shape index (κ3) is 4.43. The van der Waals surface area contributed by atoms with Crippen LogP contribution in [-0.4, -0.2) is 7.05 Å². The fourth-order valence-corrected chi connectivity index (χ4v) is 3.07. The van der Waals surface area contributed by atoms with Crippen LogP contribution >= 0.6 is 35.0 Å². The molecule has 4 heteroatoms. The quantitative estimate of drug-likeness (QED) is 0.779. The minimum absolute atomic E-state index is 0.726. The number of halogens is 2. The van der Waals surface area contributed by atoms with E-state index in [2.05, 4.69) is 29.6 Å². The van der Waals surface area contributed by atoms with Gasteiger partial charge < -0.3 is 5.32 Å². The zero-order valence-corrected chi connectivity index (χ0v) is 12.9. The number of hydrogen-bond donors (Lipinski definition) is 1. The van der Waals surface area contributed by atoms with Gasteiger partial charge in [-0.2, -0.15) is 0 Å². The van der Waals surface area contributed by atoms with Crippen LogP contribution in [0.2, 0.25) is 10.0 Å². The van der Waals surface area contributed by atoms with E-state index in [4.69, 9.17) is 23.2 Å². The first-order chi connectivity index (χ1) is 9.19. The molecule has 2 aromatic rings. The van der Waals surface area contributed by atoms with Crippen LogP contribution in [0.4, 0.5) is 0 Å². The Labute approximate surface area is 128 Å². The molecule has 0 unspecified atom stereocenters. The van der Waals surface area contributed by atoms with Crippen molar-refractivity contribution in [1.29, 1.82) is 0 Å². The molecule has 0 spiro atoms. The van der Waals surface area contributed by atoms with E-state index in [0.717, 1.165) is 27.9 Å². The molecule has 0 amide bonds. The van der Waals surface area contributed by atoms with Crippen molar-refractivity contribution >= 4 is 35.0 Å². The van der Waals surface area contributed by atoms with Gasteiger partial charge in [-0.25, -0.2) is 0 Å². The molecule has 0 saturated carbocycles. The largest absolute Gasteiger partial charge is 0.316 e. The summed E-state index contributed by atoms with van der Waals surface area (Å²) in [5.41, 5.74) is 2.35. The van der Waals surface area contributed by atoms with Crippen LogP contribution in [0.3, 0.4) is 0 Å². The Morgan fingerprint density at radius 3 is 2.47 bits per heavy atom. The van der Waals surface area contributed by atoms with E-state index in [1.165, 1.54) is 10.5 Å². The highest BCUT2D eigenvalue weighted by atomic mass is 35.5. The molecule has 0 aliphatic heterocycles. The molecule has 2 rings (SSSR count). The van der Waals surface area contributed by atoms with E-state index in [9.17, 15) is 0 Å². The predicted molar refractivity (Wildman–Crippen MR) is 85.2 cm³/mol. The summed E-state index contributed by atoms with van der Waals surface area (Å²) in [6.07, 6.45) is 0. The number of hydrogen-bond acceptors (Lipinski definition) is 2. The van der Waals surface area contributed by atoms with E-state index >= 15 is 0 Å². The van der Waals surface area contributed by atoms with Crippen LogP contribution in [0.5, 0.6) is 0 Å². The molecule has 0 aliphatic rings. The maximum Gasteiger partial charge on any atom is 0.0447 e. The molecule has 1 nitrogen and oxygen atoms in total. The average molecular weight is 312 g/mol. The molecule has 0 fully saturated rings. The van der Waals surface area contributed by atoms with Gasteiger partial charge in [-0.05, 0) is 48.5 Å². The lowest BCUT2D eigenvalue weighted by molar-refractivity contribution is 0.817. The van der Waals surface area contributed by atoms with Gasteiger partial charge in [0, 0.05) is 27.2 Å². The van der Waals surface area contributed by atoms with Crippen molar-refractivity contribution in [3.05, 3.63) is 63.6 Å². The molecule has 0 bridgehead atoms. The zero-order valence-electron chi connectivity index (χ0n) is 10.6. The molecule has 0 heterocycles. The third-order valence-electron chi connectivity index (χ3n) is 2.71. The van der Waals surface area contributed by atoms with Gasteiger partial charge in [-0.3, -0.25) is 0 Å². The van der Waals surface area contributed by atoms with Crippen molar-refractivity contribution in [1.82, 2.24) is 5.32 Å². The van der Waals surface area contributed by atoms with Gasteiger partial charge in [0.15, 0.2) is 0 Å². The van der Waals surface area contributed by atoms with Gasteiger partial charge >= 0.3 is 0 Å². The highest BCUT2D eigenvalue weighted by Gasteiger charge is 2.03. The van der Waals surface area contributed by atoms with Gasteiger partial charge in [0.1, 0.15) is 0 Å². The lowest BCUT2D eigenvalue weighted by Gasteiger charge is -2.06. The average Bonchev–Trinajstić information content (AvgIpc) is 2.42. The van der Waals surface area contributed by atoms with Crippen LogP contribution < -0.4 is 5.32 Å². The normalized spacial score (nSPS) is 10.7. The smallest absolute Gasteiger partial charge is 0.0447 e. The summed E-state index contributed by atoms with van der Waals surface area (Å²) in [4.78, 5) is 1.23. The van der Waals surface area contributed by atoms with E-state index in [-0.39, 0.29) is 0 Å². The molecule has 1 N–H and O–H groups in total. The van der Waals surface area contributed by atoms with Crippen LogP contribution in [0, 0.1) is 0 Å². The molecule has 0 aromatic heterocycles. The standard InChI is InChI=1S/C15H15Cl2NS/c1-18-9-11-2-5-14(6-3-11)19-10-12-8-13(16)4-7-15(12)17/h2-8,18H,9-10H2,1H3. The molecule has 0 radical (unpaired) electrons. The highest BCUT2D eigenvalue weighted by molar-refractivity contribution is 7.98. The zero-order chi connectivity index (χ0) is 13.7. The van der Waals surface area contributed by atoms with Crippen molar-refractivity contribution in [2.24, 2.45) is 0 Å². The number of rotatable bonds is 5. The first-order valence-electron chi connectivity index (χ1n) is 5.99. The van der Waals surface area contributed by atoms with E-state index in [1.54, 1.807) is 11.8 Å². The first kappa shape index (κ1) is 14.7. The second-order valence-electron chi connectivity index (χ2n) is 4.20. The molecule has 100 valence electrons. The van der Waals surface area contributed by atoms with Gasteiger partial charge in [-0.1, -0.05) is 35.3 Å². The van der Waals surface area contributed by atoms with Gasteiger partial charge in [-0.15, -0.1) is 11.8 Å². The SMILES string of the molecule is CNCc1ccc(SCc2cc(Cl)ccc2Cl)cc1. The Morgan fingerprint density at radius 2 is 1.79 bits per heavy atom. The summed E-state index contributed by atoms with van der Waals surface area (Å²) in [6.45, 7) is 0.894. The molecule has 2 aromatic carbocycles. The molecular formula is C15H15Cl2NS. The monoisotopic (exact) mass is 311 g/mol. The fraction of sp³-hybridized carbons (Fsp3) is 0.200. The van der Waals surface area contributed by atoms with Crippen molar-refractivity contribution in [2.75, 3.05) is 7.05 Å². The van der Waals surface area contributed by atoms with Crippen LogP contribution in [-0.2, 0) is 12.3 Å². The summed E-state index contributed by atoms with van der Waals surface area (Å²) in [5, 5.41) is 4.63. The van der Waals surface area contributed by atoms with Gasteiger partial charge in [0.2, 0.25) is 0 Å². The summed E-state index contributed by atoms with van der Waals surface area (Å²) in [7, 11) is 1.95. The Balaban J connectivity index is 2.00. The number of nitrogens with one attached hydrogen (secondary N) is 1. The molecule has 19 heavy (non-hydrogen) atoms. The Kier molecular flexibility index (Phi) is 5.59.